The number of alkyl carbamates (subject to hydrolysis) is 1. The minimum absolute atomic E-state index is 0.0544. The number of nitrogens with one attached hydrogen (secondary N) is 2. The van der Waals surface area contributed by atoms with Crippen molar-refractivity contribution in [1.82, 2.24) is 15.7 Å². The molecule has 26 heavy (non-hydrogen) atoms. The van der Waals surface area contributed by atoms with Gasteiger partial charge in [-0.15, -0.1) is 0 Å². The van der Waals surface area contributed by atoms with Gasteiger partial charge in [-0.25, -0.2) is 9.59 Å². The first kappa shape index (κ1) is 20.9. The van der Waals surface area contributed by atoms with Gasteiger partial charge in [0, 0.05) is 33.0 Å². The fourth-order valence-electron chi connectivity index (χ4n) is 1.71. The number of carbonyl (C=O) groups is 4. The van der Waals surface area contributed by atoms with Crippen LogP contribution in [0.15, 0.2) is 30.3 Å². The number of hydrogen-bond donors (Lipinski definition) is 2. The minimum atomic E-state index is -0.791. The van der Waals surface area contributed by atoms with Crippen LogP contribution in [-0.2, 0) is 25.8 Å². The lowest BCUT2D eigenvalue weighted by atomic mass is 10.2. The zero-order chi connectivity index (χ0) is 19.4. The summed E-state index contributed by atoms with van der Waals surface area (Å²) in [5.41, 5.74) is 2.83. The molecule has 0 aliphatic carbocycles. The van der Waals surface area contributed by atoms with Gasteiger partial charge in [-0.3, -0.25) is 4.79 Å². The Morgan fingerprint density at radius 2 is 1.77 bits per heavy atom. The highest BCUT2D eigenvalue weighted by Gasteiger charge is 2.13. The van der Waals surface area contributed by atoms with E-state index in [0.717, 1.165) is 5.56 Å². The van der Waals surface area contributed by atoms with Crippen LogP contribution in [0.25, 0.3) is 0 Å². The number of rotatable bonds is 8. The lowest BCUT2D eigenvalue weighted by molar-refractivity contribution is -0.131. The van der Waals surface area contributed by atoms with E-state index in [0.29, 0.717) is 0 Å². The third-order valence-corrected chi connectivity index (χ3v) is 3.20. The molecule has 0 radical (unpaired) electrons. The zero-order valence-electron chi connectivity index (χ0n) is 14.8. The van der Waals surface area contributed by atoms with Crippen LogP contribution in [0.5, 0.6) is 0 Å². The van der Waals surface area contributed by atoms with Gasteiger partial charge in [0.05, 0.1) is 0 Å². The Hall–Kier alpha value is -3.10. The number of carbonyl (C=O) groups excluding carboxylic acids is 4. The molecule has 0 unspecified atom stereocenters. The van der Waals surface area contributed by atoms with Crippen LogP contribution in [0.1, 0.15) is 25.3 Å². The number of hydrogen-bond acceptors (Lipinski definition) is 6. The van der Waals surface area contributed by atoms with E-state index in [1.807, 2.05) is 35.8 Å². The Kier molecular flexibility index (Phi) is 9.23. The Bertz CT molecular complexity index is 620. The van der Waals surface area contributed by atoms with Gasteiger partial charge in [-0.2, -0.15) is 5.48 Å². The lowest BCUT2D eigenvalue weighted by Gasteiger charge is -2.16. The average molecular weight is 365 g/mol. The molecule has 0 aromatic heterocycles. The van der Waals surface area contributed by atoms with Crippen LogP contribution in [0.3, 0.4) is 0 Å². The maximum atomic E-state index is 11.7. The Labute approximate surface area is 151 Å². The molecule has 9 nitrogen and oxygen atoms in total. The molecule has 0 atom stereocenters. The van der Waals surface area contributed by atoms with E-state index in [-0.39, 0.29) is 38.3 Å². The second kappa shape index (κ2) is 11.5. The van der Waals surface area contributed by atoms with Gasteiger partial charge < -0.3 is 24.6 Å². The molecule has 0 fully saturated rings. The number of benzene rings is 1. The van der Waals surface area contributed by atoms with Crippen LogP contribution in [-0.4, -0.2) is 48.9 Å². The molecule has 0 saturated carbocycles. The van der Waals surface area contributed by atoms with E-state index in [9.17, 15) is 19.2 Å². The summed E-state index contributed by atoms with van der Waals surface area (Å²) >= 11 is 0. The Morgan fingerprint density at radius 1 is 1.08 bits per heavy atom. The van der Waals surface area contributed by atoms with Gasteiger partial charge >= 0.3 is 12.2 Å². The molecule has 9 heteroatoms. The first-order valence-electron chi connectivity index (χ1n) is 8.03. The highest BCUT2D eigenvalue weighted by atomic mass is 16.7. The second-order valence-electron chi connectivity index (χ2n) is 5.51. The van der Waals surface area contributed by atoms with Gasteiger partial charge in [0.15, 0.2) is 0 Å². The van der Waals surface area contributed by atoms with E-state index in [1.54, 1.807) is 0 Å². The monoisotopic (exact) mass is 365 g/mol. The first-order chi connectivity index (χ1) is 12.4. The Balaban J connectivity index is 2.15. The summed E-state index contributed by atoms with van der Waals surface area (Å²) in [5.74, 6) is -0.696. The van der Waals surface area contributed by atoms with Crippen molar-refractivity contribution >= 4 is 23.9 Å². The summed E-state index contributed by atoms with van der Waals surface area (Å²) in [4.78, 5) is 51.1. The maximum Gasteiger partial charge on any atom is 0.433 e. The van der Waals surface area contributed by atoms with Crippen LogP contribution in [0.2, 0.25) is 0 Å². The average Bonchev–Trinajstić information content (AvgIpc) is 2.63. The Morgan fingerprint density at radius 3 is 2.42 bits per heavy atom. The smallest absolute Gasteiger partial charge is 0.433 e. The standard InChI is InChI=1S/C17H23N3O6/c1-13(21)8-9-15(22)19-26-17(24)20(2)11-10-18-16(23)25-12-14-6-4-3-5-7-14/h3-7H,8-12H2,1-2H3,(H,18,23)(H,19,22). The molecule has 1 aromatic rings. The summed E-state index contributed by atoms with van der Waals surface area (Å²) in [6.45, 7) is 1.82. The largest absolute Gasteiger partial charge is 0.445 e. The summed E-state index contributed by atoms with van der Waals surface area (Å²) in [5, 5.41) is 2.50. The summed E-state index contributed by atoms with van der Waals surface area (Å²) in [7, 11) is 1.45. The maximum absolute atomic E-state index is 11.7. The number of nitrogens with zero attached hydrogens (tertiary/aromatic N) is 1. The number of Topliss-reactive ketones (excluding diaryl/α,β-unsaturated/α-hetero) is 1. The number of likely N-dealkylation sites (N-methyl/N-ethyl adjacent to an activating group) is 1. The van der Waals surface area contributed by atoms with Crippen molar-refractivity contribution in [1.29, 1.82) is 0 Å². The van der Waals surface area contributed by atoms with E-state index in [1.165, 1.54) is 18.9 Å². The minimum Gasteiger partial charge on any atom is -0.445 e. The van der Waals surface area contributed by atoms with Gasteiger partial charge in [-0.05, 0) is 12.5 Å². The molecule has 142 valence electrons. The van der Waals surface area contributed by atoms with Crippen molar-refractivity contribution in [2.45, 2.75) is 26.4 Å². The predicted molar refractivity (Wildman–Crippen MR) is 91.8 cm³/mol. The molecule has 0 aliphatic heterocycles. The normalized spacial score (nSPS) is 9.77. The molecule has 0 heterocycles. The number of hydroxylamine groups is 1. The van der Waals surface area contributed by atoms with E-state index < -0.39 is 18.1 Å². The van der Waals surface area contributed by atoms with Crippen LogP contribution in [0, 0.1) is 0 Å². The SMILES string of the molecule is CC(=O)CCC(=O)NOC(=O)N(C)CCNC(=O)OCc1ccccc1. The van der Waals surface area contributed by atoms with Gasteiger partial charge in [0.2, 0.25) is 0 Å². The highest BCUT2D eigenvalue weighted by Crippen LogP contribution is 2.00. The van der Waals surface area contributed by atoms with Crippen LogP contribution in [0.4, 0.5) is 9.59 Å². The molecular formula is C17H23N3O6. The molecule has 3 amide bonds. The third kappa shape index (κ3) is 9.26. The summed E-state index contributed by atoms with van der Waals surface area (Å²) in [6, 6.07) is 9.22. The topological polar surface area (TPSA) is 114 Å². The molecule has 0 bridgehead atoms. The van der Waals surface area contributed by atoms with E-state index in [2.05, 4.69) is 10.2 Å². The van der Waals surface area contributed by atoms with Crippen LogP contribution < -0.4 is 10.8 Å². The molecule has 0 spiro atoms. The summed E-state index contributed by atoms with van der Waals surface area (Å²) < 4.78 is 5.03. The van der Waals surface area contributed by atoms with Crippen molar-refractivity contribution in [3.63, 3.8) is 0 Å². The van der Waals surface area contributed by atoms with E-state index >= 15 is 0 Å². The molecule has 2 N–H and O–H groups in total. The van der Waals surface area contributed by atoms with Crippen molar-refractivity contribution in [2.75, 3.05) is 20.1 Å². The highest BCUT2D eigenvalue weighted by molar-refractivity contribution is 5.83. The van der Waals surface area contributed by atoms with Gasteiger partial charge in [-0.1, -0.05) is 30.3 Å². The molecule has 1 aromatic carbocycles. The van der Waals surface area contributed by atoms with Crippen LogP contribution >= 0.6 is 0 Å². The molecular weight excluding hydrogens is 342 g/mol. The van der Waals surface area contributed by atoms with Crippen molar-refractivity contribution in [3.05, 3.63) is 35.9 Å². The fourth-order valence-corrected chi connectivity index (χ4v) is 1.71. The third-order valence-electron chi connectivity index (χ3n) is 3.20. The fraction of sp³-hybridized carbons (Fsp3) is 0.412. The van der Waals surface area contributed by atoms with Gasteiger partial charge in [0.25, 0.3) is 5.91 Å². The lowest BCUT2D eigenvalue weighted by Crippen LogP contribution is -2.39. The number of ketones is 1. The second-order valence-corrected chi connectivity index (χ2v) is 5.51. The number of ether oxygens (including phenoxy) is 1. The van der Waals surface area contributed by atoms with Gasteiger partial charge in [0.1, 0.15) is 12.4 Å². The predicted octanol–water partition coefficient (Wildman–Crippen LogP) is 1.38. The van der Waals surface area contributed by atoms with Crippen molar-refractivity contribution in [2.24, 2.45) is 0 Å². The molecule has 1 rings (SSSR count). The molecule has 0 saturated heterocycles. The first-order valence-corrected chi connectivity index (χ1v) is 8.03. The van der Waals surface area contributed by atoms with Crippen molar-refractivity contribution in [3.8, 4) is 0 Å². The number of amides is 3. The summed E-state index contributed by atoms with van der Waals surface area (Å²) in [6.07, 6.45) is -1.37. The quantitative estimate of drug-likeness (QED) is 0.673. The zero-order valence-corrected chi connectivity index (χ0v) is 14.8. The molecule has 0 aliphatic rings. The van der Waals surface area contributed by atoms with Crippen molar-refractivity contribution < 1.29 is 28.8 Å². The van der Waals surface area contributed by atoms with E-state index in [4.69, 9.17) is 4.74 Å².